The molecule has 1 aromatic carbocycles. The van der Waals surface area contributed by atoms with Crippen LogP contribution < -0.4 is 5.32 Å². The van der Waals surface area contributed by atoms with E-state index in [-0.39, 0.29) is 5.03 Å². The number of carboxylic acid groups (broad SMARTS) is 1. The molecule has 2 atom stereocenters. The van der Waals surface area contributed by atoms with Crippen molar-refractivity contribution in [3.05, 3.63) is 52.0 Å². The molecule has 4 nitrogen and oxygen atoms in total. The third-order valence-corrected chi connectivity index (χ3v) is 4.61. The fourth-order valence-corrected chi connectivity index (χ4v) is 2.93. The van der Waals surface area contributed by atoms with Gasteiger partial charge in [-0.15, -0.1) is 0 Å². The Hall–Kier alpha value is -1.59. The van der Waals surface area contributed by atoms with Crippen LogP contribution in [0, 0.1) is 11.3 Å². The van der Waals surface area contributed by atoms with Crippen LogP contribution >= 0.6 is 27.5 Å². The summed E-state index contributed by atoms with van der Waals surface area (Å²) in [7, 11) is 0. The highest BCUT2D eigenvalue weighted by atomic mass is 79.9. The second kappa shape index (κ2) is 6.03. The molecule has 2 N–H and O–H groups in total. The van der Waals surface area contributed by atoms with Gasteiger partial charge in [-0.05, 0) is 41.1 Å². The Morgan fingerprint density at radius 2 is 1.95 bits per heavy atom. The van der Waals surface area contributed by atoms with E-state index in [1.807, 2.05) is 6.07 Å². The Balaban J connectivity index is 2.34. The lowest BCUT2D eigenvalue weighted by atomic mass is 9.73. The van der Waals surface area contributed by atoms with Crippen LogP contribution in [0.15, 0.2) is 52.0 Å². The maximum absolute atomic E-state index is 12.5. The van der Waals surface area contributed by atoms with Gasteiger partial charge in [0.1, 0.15) is 0 Å². The van der Waals surface area contributed by atoms with Crippen LogP contribution in [-0.4, -0.2) is 17.0 Å². The first-order valence-corrected chi connectivity index (χ1v) is 7.37. The lowest BCUT2D eigenvalue weighted by Crippen LogP contribution is -2.42. The summed E-state index contributed by atoms with van der Waals surface area (Å²) in [6, 6.07) is 8.88. The zero-order valence-corrected chi connectivity index (χ0v) is 13.5. The molecule has 0 spiro atoms. The van der Waals surface area contributed by atoms with Crippen molar-refractivity contribution in [2.24, 2.45) is 11.3 Å². The molecule has 1 aromatic rings. The number of hydrogen-bond donors (Lipinski definition) is 2. The molecule has 2 rings (SSSR count). The minimum Gasteiger partial charge on any atom is -0.481 e. The molecule has 6 heteroatoms. The van der Waals surface area contributed by atoms with Crippen molar-refractivity contribution >= 4 is 45.1 Å². The number of carbonyl (C=O) groups excluding carboxylic acids is 1. The van der Waals surface area contributed by atoms with Gasteiger partial charge in [0.15, 0.2) is 0 Å². The summed E-state index contributed by atoms with van der Waals surface area (Å²) in [6.45, 7) is 1.57. The number of carbonyl (C=O) groups is 2. The Labute approximate surface area is 135 Å². The Morgan fingerprint density at radius 1 is 1.33 bits per heavy atom. The van der Waals surface area contributed by atoms with Crippen molar-refractivity contribution in [1.82, 2.24) is 0 Å². The van der Waals surface area contributed by atoms with Gasteiger partial charge in [-0.25, -0.2) is 0 Å². The molecule has 0 aliphatic heterocycles. The van der Waals surface area contributed by atoms with Crippen LogP contribution in [0.4, 0.5) is 5.69 Å². The van der Waals surface area contributed by atoms with E-state index in [4.69, 9.17) is 11.6 Å². The first-order valence-electron chi connectivity index (χ1n) is 6.20. The van der Waals surface area contributed by atoms with Crippen molar-refractivity contribution < 1.29 is 14.7 Å². The number of rotatable bonds is 3. The maximum atomic E-state index is 12.5. The van der Waals surface area contributed by atoms with E-state index < -0.39 is 23.2 Å². The van der Waals surface area contributed by atoms with Crippen LogP contribution in [0.5, 0.6) is 0 Å². The van der Waals surface area contributed by atoms with Gasteiger partial charge < -0.3 is 10.4 Å². The van der Waals surface area contributed by atoms with Crippen LogP contribution in [0.2, 0.25) is 0 Å². The highest BCUT2D eigenvalue weighted by molar-refractivity contribution is 9.12. The third-order valence-electron chi connectivity index (χ3n) is 3.40. The largest absolute Gasteiger partial charge is 0.481 e. The number of para-hydroxylation sites is 1. The van der Waals surface area contributed by atoms with Crippen LogP contribution in [-0.2, 0) is 9.59 Å². The first-order chi connectivity index (χ1) is 9.84. The second-order valence-corrected chi connectivity index (χ2v) is 6.19. The van der Waals surface area contributed by atoms with E-state index in [9.17, 15) is 14.7 Å². The number of allylic oxidation sites excluding steroid dienone is 2. The predicted octanol–water partition coefficient (Wildman–Crippen LogP) is 3.75. The Kier molecular flexibility index (Phi) is 4.54. The van der Waals surface area contributed by atoms with Crippen molar-refractivity contribution in [2.45, 2.75) is 6.92 Å². The lowest BCUT2D eigenvalue weighted by molar-refractivity contribution is -0.146. The summed E-state index contributed by atoms with van der Waals surface area (Å²) >= 11 is 9.20. The van der Waals surface area contributed by atoms with E-state index in [2.05, 4.69) is 21.2 Å². The van der Waals surface area contributed by atoms with Gasteiger partial charge in [0, 0.05) is 10.2 Å². The van der Waals surface area contributed by atoms with Gasteiger partial charge in [-0.2, -0.15) is 0 Å². The number of carboxylic acids is 1. The fraction of sp³-hybridized carbons (Fsp3) is 0.200. The summed E-state index contributed by atoms with van der Waals surface area (Å²) in [5.41, 5.74) is -0.628. The van der Waals surface area contributed by atoms with Crippen molar-refractivity contribution in [1.29, 1.82) is 0 Å². The molecule has 1 aliphatic carbocycles. The molecule has 110 valence electrons. The Morgan fingerprint density at radius 3 is 2.52 bits per heavy atom. The number of halogens is 2. The molecule has 2 unspecified atom stereocenters. The quantitative estimate of drug-likeness (QED) is 0.851. The lowest BCUT2D eigenvalue weighted by Gasteiger charge is -2.32. The zero-order chi connectivity index (χ0) is 15.6. The minimum absolute atomic E-state index is 0.285. The van der Waals surface area contributed by atoms with E-state index in [1.165, 1.54) is 12.2 Å². The molecular formula is C15H13BrClNO3. The zero-order valence-electron chi connectivity index (χ0n) is 11.1. The van der Waals surface area contributed by atoms with Crippen LogP contribution in [0.1, 0.15) is 6.92 Å². The summed E-state index contributed by atoms with van der Waals surface area (Å²) in [6.07, 6.45) is 2.91. The normalized spacial score (nSPS) is 24.8. The highest BCUT2D eigenvalue weighted by Crippen LogP contribution is 2.42. The maximum Gasteiger partial charge on any atom is 0.311 e. The minimum atomic E-state index is -1.24. The molecule has 21 heavy (non-hydrogen) atoms. The fourth-order valence-electron chi connectivity index (χ4n) is 2.14. The SMILES string of the molecule is CC1(C(=O)Nc2ccccc2)C=C(Br)C(Cl)=CC1C(=O)O. The van der Waals surface area contributed by atoms with Gasteiger partial charge in [0.05, 0.1) is 16.4 Å². The monoisotopic (exact) mass is 369 g/mol. The average Bonchev–Trinajstić information content (AvgIpc) is 2.43. The molecule has 0 saturated carbocycles. The van der Waals surface area contributed by atoms with Crippen molar-refractivity contribution in [3.8, 4) is 0 Å². The molecule has 0 heterocycles. The van der Waals surface area contributed by atoms with Crippen molar-refractivity contribution in [2.75, 3.05) is 5.32 Å². The summed E-state index contributed by atoms with van der Waals surface area (Å²) in [5, 5.41) is 12.4. The summed E-state index contributed by atoms with van der Waals surface area (Å²) in [4.78, 5) is 24.0. The predicted molar refractivity (Wildman–Crippen MR) is 85.3 cm³/mol. The van der Waals surface area contributed by atoms with Crippen LogP contribution in [0.25, 0.3) is 0 Å². The summed E-state index contributed by atoms with van der Waals surface area (Å²) < 4.78 is 0.507. The summed E-state index contributed by atoms with van der Waals surface area (Å²) in [5.74, 6) is -2.54. The third kappa shape index (κ3) is 3.19. The number of anilines is 1. The molecule has 0 radical (unpaired) electrons. The number of amides is 1. The van der Waals surface area contributed by atoms with E-state index in [0.29, 0.717) is 10.2 Å². The number of nitrogens with one attached hydrogen (secondary N) is 1. The van der Waals surface area contributed by atoms with Gasteiger partial charge in [0.2, 0.25) is 5.91 Å². The number of aliphatic carboxylic acids is 1. The first kappa shape index (κ1) is 15.8. The molecule has 0 bridgehead atoms. The molecular weight excluding hydrogens is 358 g/mol. The Bertz CT molecular complexity index is 642. The van der Waals surface area contributed by atoms with Crippen LogP contribution in [0.3, 0.4) is 0 Å². The van der Waals surface area contributed by atoms with Crippen molar-refractivity contribution in [3.63, 3.8) is 0 Å². The van der Waals surface area contributed by atoms with E-state index in [0.717, 1.165) is 0 Å². The molecule has 1 amide bonds. The van der Waals surface area contributed by atoms with Gasteiger partial charge in [0.25, 0.3) is 0 Å². The van der Waals surface area contributed by atoms with Gasteiger partial charge in [-0.1, -0.05) is 35.9 Å². The van der Waals surface area contributed by atoms with E-state index >= 15 is 0 Å². The van der Waals surface area contributed by atoms with E-state index in [1.54, 1.807) is 31.2 Å². The average molecular weight is 371 g/mol. The smallest absolute Gasteiger partial charge is 0.311 e. The highest BCUT2D eigenvalue weighted by Gasteiger charge is 2.45. The second-order valence-electron chi connectivity index (χ2n) is 4.93. The molecule has 0 saturated heterocycles. The number of hydrogen-bond acceptors (Lipinski definition) is 2. The van der Waals surface area contributed by atoms with Gasteiger partial charge >= 0.3 is 5.97 Å². The number of benzene rings is 1. The molecule has 0 aromatic heterocycles. The standard InChI is InChI=1S/C15H13BrClNO3/c1-15(14(21)18-9-5-3-2-4-6-9)8-11(16)12(17)7-10(15)13(19)20/h2-8,10H,1H3,(H,18,21)(H,19,20). The molecule has 0 fully saturated rings. The topological polar surface area (TPSA) is 66.4 Å². The molecule has 1 aliphatic rings. The van der Waals surface area contributed by atoms with Gasteiger partial charge in [-0.3, -0.25) is 9.59 Å².